The van der Waals surface area contributed by atoms with Crippen LogP contribution in [0.25, 0.3) is 5.69 Å². The Balaban J connectivity index is 1.65. The molecule has 26 heavy (non-hydrogen) atoms. The predicted octanol–water partition coefficient (Wildman–Crippen LogP) is 3.89. The number of aromatic nitrogens is 3. The molecule has 5 rings (SSSR count). The minimum Gasteiger partial charge on any atom is -0.363 e. The van der Waals surface area contributed by atoms with Gasteiger partial charge in [-0.1, -0.05) is 44.4 Å². The SMILES string of the molecule is Cc1cc(C)c(-n2c[n+]3c(n2)CO[C@@H]2Cc4ccc(Br)cc4[C@@H]23)c(C)c1. The van der Waals surface area contributed by atoms with Crippen molar-refractivity contribution in [2.75, 3.05) is 0 Å². The highest BCUT2D eigenvalue weighted by Crippen LogP contribution is 2.37. The molecule has 0 unspecified atom stereocenters. The minimum atomic E-state index is 0.190. The lowest BCUT2D eigenvalue weighted by molar-refractivity contribution is -0.739. The summed E-state index contributed by atoms with van der Waals surface area (Å²) in [6, 6.07) is 11.2. The lowest BCUT2D eigenvalue weighted by atomic mass is 10.1. The van der Waals surface area contributed by atoms with Crippen molar-refractivity contribution in [3.05, 3.63) is 74.8 Å². The second-order valence-corrected chi connectivity index (χ2v) is 8.39. The second kappa shape index (κ2) is 5.76. The molecule has 2 aromatic carbocycles. The normalized spacial score (nSPS) is 20.6. The zero-order valence-corrected chi connectivity index (χ0v) is 16.7. The van der Waals surface area contributed by atoms with E-state index in [1.807, 2.05) is 4.68 Å². The Morgan fingerprint density at radius 2 is 1.92 bits per heavy atom. The van der Waals surface area contributed by atoms with E-state index in [0.29, 0.717) is 6.61 Å². The summed E-state index contributed by atoms with van der Waals surface area (Å²) in [4.78, 5) is 0. The molecule has 0 fully saturated rings. The van der Waals surface area contributed by atoms with Crippen LogP contribution < -0.4 is 4.57 Å². The smallest absolute Gasteiger partial charge is 0.304 e. The van der Waals surface area contributed by atoms with Crippen LogP contribution in [-0.4, -0.2) is 15.9 Å². The quantitative estimate of drug-likeness (QED) is 0.569. The van der Waals surface area contributed by atoms with E-state index in [1.165, 1.54) is 33.5 Å². The van der Waals surface area contributed by atoms with Gasteiger partial charge in [-0.2, -0.15) is 0 Å². The average Bonchev–Trinajstić information content (AvgIpc) is 3.14. The Morgan fingerprint density at radius 1 is 1.15 bits per heavy atom. The lowest BCUT2D eigenvalue weighted by Gasteiger charge is -2.23. The maximum atomic E-state index is 6.17. The lowest BCUT2D eigenvalue weighted by Crippen LogP contribution is -2.51. The first kappa shape index (κ1) is 16.2. The third kappa shape index (κ3) is 2.37. The van der Waals surface area contributed by atoms with Crippen LogP contribution in [0.5, 0.6) is 0 Å². The zero-order chi connectivity index (χ0) is 18.0. The molecule has 0 amide bonds. The molecule has 1 aromatic heterocycles. The Morgan fingerprint density at radius 3 is 2.69 bits per heavy atom. The van der Waals surface area contributed by atoms with Crippen molar-refractivity contribution >= 4 is 15.9 Å². The van der Waals surface area contributed by atoms with Crippen molar-refractivity contribution in [1.82, 2.24) is 9.78 Å². The van der Waals surface area contributed by atoms with Gasteiger partial charge in [-0.3, -0.25) is 0 Å². The summed E-state index contributed by atoms with van der Waals surface area (Å²) in [6.45, 7) is 7.01. The average molecular weight is 411 g/mol. The molecule has 132 valence electrons. The van der Waals surface area contributed by atoms with E-state index in [-0.39, 0.29) is 12.1 Å². The van der Waals surface area contributed by atoms with Gasteiger partial charge in [-0.15, -0.1) is 0 Å². The van der Waals surface area contributed by atoms with Crippen LogP contribution in [-0.2, 0) is 17.8 Å². The van der Waals surface area contributed by atoms with E-state index < -0.39 is 0 Å². The Bertz CT molecular complexity index is 1020. The van der Waals surface area contributed by atoms with Crippen LogP contribution in [0.1, 0.15) is 39.7 Å². The molecule has 2 aliphatic rings. The number of halogens is 1. The fourth-order valence-electron chi connectivity index (χ4n) is 4.58. The molecule has 0 radical (unpaired) electrons. The third-order valence-electron chi connectivity index (χ3n) is 5.55. The van der Waals surface area contributed by atoms with Crippen molar-refractivity contribution in [3.8, 4) is 5.69 Å². The topological polar surface area (TPSA) is 30.9 Å². The first-order valence-electron chi connectivity index (χ1n) is 8.99. The molecule has 0 spiro atoms. The molecule has 1 aliphatic heterocycles. The minimum absolute atomic E-state index is 0.190. The molecule has 0 saturated carbocycles. The second-order valence-electron chi connectivity index (χ2n) is 7.47. The van der Waals surface area contributed by atoms with Gasteiger partial charge in [0.2, 0.25) is 6.33 Å². The van der Waals surface area contributed by atoms with Gasteiger partial charge in [-0.25, -0.2) is 4.57 Å². The summed E-state index contributed by atoms with van der Waals surface area (Å²) in [5.74, 6) is 0.985. The van der Waals surface area contributed by atoms with E-state index in [0.717, 1.165) is 16.7 Å². The van der Waals surface area contributed by atoms with Gasteiger partial charge in [0.25, 0.3) is 0 Å². The van der Waals surface area contributed by atoms with Gasteiger partial charge in [0.05, 0.1) is 0 Å². The number of benzene rings is 2. The summed E-state index contributed by atoms with van der Waals surface area (Å²) in [5, 5.41) is 4.87. The number of hydrogen-bond acceptors (Lipinski definition) is 2. The summed E-state index contributed by atoms with van der Waals surface area (Å²) in [7, 11) is 0. The van der Waals surface area contributed by atoms with Gasteiger partial charge in [0, 0.05) is 16.0 Å². The number of fused-ring (bicyclic) bond motifs is 5. The molecule has 5 heteroatoms. The molecule has 4 nitrogen and oxygen atoms in total. The van der Waals surface area contributed by atoms with E-state index in [4.69, 9.17) is 9.84 Å². The van der Waals surface area contributed by atoms with Crippen molar-refractivity contribution in [3.63, 3.8) is 0 Å². The van der Waals surface area contributed by atoms with Crippen molar-refractivity contribution in [2.45, 2.75) is 45.9 Å². The van der Waals surface area contributed by atoms with Crippen molar-refractivity contribution in [2.24, 2.45) is 0 Å². The first-order chi connectivity index (χ1) is 12.5. The summed E-state index contributed by atoms with van der Waals surface area (Å²) < 4.78 is 11.6. The number of hydrogen-bond donors (Lipinski definition) is 0. The molecular formula is C21H21BrN3O+. The highest BCUT2D eigenvalue weighted by Gasteiger charge is 2.43. The van der Waals surface area contributed by atoms with Gasteiger partial charge < -0.3 is 4.74 Å². The van der Waals surface area contributed by atoms with Gasteiger partial charge >= 0.3 is 5.82 Å². The summed E-state index contributed by atoms with van der Waals surface area (Å²) >= 11 is 3.62. The maximum Gasteiger partial charge on any atom is 0.304 e. The fraction of sp³-hybridized carbons (Fsp3) is 0.333. The van der Waals surface area contributed by atoms with Gasteiger partial charge in [-0.05, 0) is 55.2 Å². The molecule has 0 saturated heterocycles. The number of nitrogens with zero attached hydrogens (tertiary/aromatic N) is 3. The van der Waals surface area contributed by atoms with E-state index in [9.17, 15) is 0 Å². The van der Waals surface area contributed by atoms with Gasteiger partial charge in [0.1, 0.15) is 24.4 Å². The Hall–Kier alpha value is -1.98. The highest BCUT2D eigenvalue weighted by molar-refractivity contribution is 9.10. The standard InChI is InChI=1S/C21H21BrN3O/c1-12-6-13(2)20(14(3)7-12)25-11-24-19(23-25)10-26-18-8-15-4-5-16(22)9-17(15)21(18)24/h4-7,9,11,18,21H,8,10H2,1-3H3/q+1/t18-,21+/m1/s1. The predicted molar refractivity (Wildman–Crippen MR) is 103 cm³/mol. The summed E-state index contributed by atoms with van der Waals surface area (Å²) in [6.07, 6.45) is 3.30. The number of ether oxygens (including phenoxy) is 1. The van der Waals surface area contributed by atoms with Crippen LogP contribution in [0.4, 0.5) is 0 Å². The maximum absolute atomic E-state index is 6.17. The largest absolute Gasteiger partial charge is 0.363 e. The molecular weight excluding hydrogens is 390 g/mol. The molecule has 2 heterocycles. The molecule has 0 N–H and O–H groups in total. The highest BCUT2D eigenvalue weighted by atomic mass is 79.9. The van der Waals surface area contributed by atoms with Crippen molar-refractivity contribution in [1.29, 1.82) is 0 Å². The summed E-state index contributed by atoms with van der Waals surface area (Å²) in [5.41, 5.74) is 7.66. The van der Waals surface area contributed by atoms with Gasteiger partial charge in [0.15, 0.2) is 0 Å². The van der Waals surface area contributed by atoms with E-state index >= 15 is 0 Å². The van der Waals surface area contributed by atoms with E-state index in [2.05, 4.69) is 77.9 Å². The van der Waals surface area contributed by atoms with Crippen LogP contribution in [0, 0.1) is 20.8 Å². The van der Waals surface area contributed by atoms with Crippen LogP contribution in [0.2, 0.25) is 0 Å². The monoisotopic (exact) mass is 410 g/mol. The number of rotatable bonds is 1. The Labute approximate surface area is 161 Å². The molecule has 3 aromatic rings. The zero-order valence-electron chi connectivity index (χ0n) is 15.2. The molecule has 2 atom stereocenters. The Kier molecular flexibility index (Phi) is 3.59. The fourth-order valence-corrected chi connectivity index (χ4v) is 4.96. The van der Waals surface area contributed by atoms with Crippen LogP contribution in [0.15, 0.2) is 41.1 Å². The first-order valence-corrected chi connectivity index (χ1v) is 9.78. The van der Waals surface area contributed by atoms with Crippen molar-refractivity contribution < 1.29 is 9.30 Å². The third-order valence-corrected chi connectivity index (χ3v) is 6.04. The van der Waals surface area contributed by atoms with Crippen LogP contribution in [0.3, 0.4) is 0 Å². The number of aryl methyl sites for hydroxylation is 3. The molecule has 0 bridgehead atoms. The van der Waals surface area contributed by atoms with Crippen LogP contribution >= 0.6 is 15.9 Å². The molecule has 1 aliphatic carbocycles. The van der Waals surface area contributed by atoms with E-state index in [1.54, 1.807) is 0 Å².